The molecule has 2 aliphatic rings. The number of ether oxygens (including phenoxy) is 1. The molecule has 2 aromatic carbocycles. The number of rotatable bonds is 5. The highest BCUT2D eigenvalue weighted by atomic mass is 32.1. The van der Waals surface area contributed by atoms with Crippen LogP contribution in [0, 0.1) is 0 Å². The van der Waals surface area contributed by atoms with Crippen molar-refractivity contribution in [2.75, 3.05) is 39.4 Å². The smallest absolute Gasteiger partial charge is 0.233 e. The average molecular weight is 448 g/mol. The summed E-state index contributed by atoms with van der Waals surface area (Å²) in [6.45, 7) is 5.43. The molecule has 1 amide bonds. The van der Waals surface area contributed by atoms with Gasteiger partial charge in [0.05, 0.1) is 11.1 Å². The predicted molar refractivity (Wildman–Crippen MR) is 128 cm³/mol. The summed E-state index contributed by atoms with van der Waals surface area (Å²) in [5, 5.41) is 3.23. The molecular weight excluding hydrogens is 418 g/mol. The number of amides is 1. The van der Waals surface area contributed by atoms with Crippen molar-refractivity contribution in [3.63, 3.8) is 0 Å². The van der Waals surface area contributed by atoms with E-state index in [9.17, 15) is 4.79 Å². The SMILES string of the molecule is O=C(N1CCN(Cc2csc(-c3ccccc3)n2)CC1)C1(c2ccccc2)CCOCC1. The van der Waals surface area contributed by atoms with E-state index in [0.29, 0.717) is 13.2 Å². The van der Waals surface area contributed by atoms with E-state index in [1.807, 2.05) is 36.4 Å². The molecule has 166 valence electrons. The summed E-state index contributed by atoms with van der Waals surface area (Å²) in [7, 11) is 0. The van der Waals surface area contributed by atoms with E-state index in [-0.39, 0.29) is 5.91 Å². The molecule has 0 spiro atoms. The first-order valence-corrected chi connectivity index (χ1v) is 12.3. The molecule has 6 heteroatoms. The van der Waals surface area contributed by atoms with Crippen molar-refractivity contribution < 1.29 is 9.53 Å². The lowest BCUT2D eigenvalue weighted by Gasteiger charge is -2.43. The number of carbonyl (C=O) groups is 1. The Hall–Kier alpha value is -2.54. The van der Waals surface area contributed by atoms with Gasteiger partial charge in [-0.15, -0.1) is 11.3 Å². The minimum atomic E-state index is -0.443. The molecule has 5 nitrogen and oxygen atoms in total. The Bertz CT molecular complexity index is 1020. The van der Waals surface area contributed by atoms with Crippen molar-refractivity contribution in [2.45, 2.75) is 24.8 Å². The van der Waals surface area contributed by atoms with Crippen LogP contribution in [-0.2, 0) is 21.5 Å². The Morgan fingerprint density at radius 3 is 2.28 bits per heavy atom. The van der Waals surface area contributed by atoms with Crippen LogP contribution in [0.2, 0.25) is 0 Å². The van der Waals surface area contributed by atoms with Gasteiger partial charge in [-0.3, -0.25) is 9.69 Å². The van der Waals surface area contributed by atoms with Crippen molar-refractivity contribution in [3.8, 4) is 10.6 Å². The van der Waals surface area contributed by atoms with Crippen molar-refractivity contribution in [1.82, 2.24) is 14.8 Å². The molecule has 2 fully saturated rings. The molecule has 0 saturated carbocycles. The van der Waals surface area contributed by atoms with E-state index in [4.69, 9.17) is 9.72 Å². The van der Waals surface area contributed by atoms with E-state index >= 15 is 0 Å². The van der Waals surface area contributed by atoms with Gasteiger partial charge in [-0.05, 0) is 18.4 Å². The molecular formula is C26H29N3O2S. The lowest BCUT2D eigenvalue weighted by atomic mass is 9.73. The molecule has 1 aromatic heterocycles. The average Bonchev–Trinajstić information content (AvgIpc) is 3.34. The number of benzene rings is 2. The van der Waals surface area contributed by atoms with Gasteiger partial charge in [0.25, 0.3) is 0 Å². The van der Waals surface area contributed by atoms with E-state index < -0.39 is 5.41 Å². The quantitative estimate of drug-likeness (QED) is 0.588. The van der Waals surface area contributed by atoms with Gasteiger partial charge in [0.2, 0.25) is 5.91 Å². The van der Waals surface area contributed by atoms with Gasteiger partial charge in [0.15, 0.2) is 0 Å². The van der Waals surface area contributed by atoms with Gasteiger partial charge in [0.1, 0.15) is 5.01 Å². The largest absolute Gasteiger partial charge is 0.381 e. The second kappa shape index (κ2) is 9.53. The van der Waals surface area contributed by atoms with Crippen molar-refractivity contribution >= 4 is 17.2 Å². The summed E-state index contributed by atoms with van der Waals surface area (Å²) in [5.41, 5.74) is 2.97. The minimum absolute atomic E-state index is 0.270. The maximum atomic E-state index is 13.7. The number of nitrogens with zero attached hydrogens (tertiary/aromatic N) is 3. The Morgan fingerprint density at radius 1 is 0.938 bits per heavy atom. The van der Waals surface area contributed by atoms with Gasteiger partial charge < -0.3 is 9.64 Å². The predicted octanol–water partition coefficient (Wildman–Crippen LogP) is 4.20. The Balaban J connectivity index is 1.22. The summed E-state index contributed by atoms with van der Waals surface area (Å²) < 4.78 is 5.62. The van der Waals surface area contributed by atoms with Crippen LogP contribution in [0.4, 0.5) is 0 Å². The first kappa shape index (κ1) is 21.3. The lowest BCUT2D eigenvalue weighted by Crippen LogP contribution is -2.55. The highest BCUT2D eigenvalue weighted by Gasteiger charge is 2.44. The molecule has 3 aromatic rings. The van der Waals surface area contributed by atoms with Crippen LogP contribution < -0.4 is 0 Å². The molecule has 0 aliphatic carbocycles. The fourth-order valence-electron chi connectivity index (χ4n) is 4.84. The second-order valence-electron chi connectivity index (χ2n) is 8.64. The summed E-state index contributed by atoms with van der Waals surface area (Å²) in [6, 6.07) is 20.6. The molecule has 0 N–H and O–H groups in total. The molecule has 3 heterocycles. The molecule has 0 bridgehead atoms. The summed E-state index contributed by atoms with van der Waals surface area (Å²) in [4.78, 5) is 23.1. The number of carbonyl (C=O) groups excluding carboxylic acids is 1. The van der Waals surface area contributed by atoms with E-state index in [1.165, 1.54) is 5.56 Å². The number of hydrogen-bond donors (Lipinski definition) is 0. The Kier molecular flexibility index (Phi) is 6.35. The van der Waals surface area contributed by atoms with Crippen LogP contribution in [0.1, 0.15) is 24.1 Å². The van der Waals surface area contributed by atoms with Crippen molar-refractivity contribution in [1.29, 1.82) is 0 Å². The standard InChI is InChI=1S/C26H29N3O2S/c30-25(26(11-17-31-18-12-26)22-9-5-2-6-10-22)29-15-13-28(14-16-29)19-23-20-32-24(27-23)21-7-3-1-4-8-21/h1-10,20H,11-19H2. The van der Waals surface area contributed by atoms with Gasteiger partial charge in [-0.2, -0.15) is 0 Å². The van der Waals surface area contributed by atoms with Gasteiger partial charge in [-0.25, -0.2) is 4.98 Å². The van der Waals surface area contributed by atoms with Gasteiger partial charge in [0, 0.05) is 56.9 Å². The molecule has 0 atom stereocenters. The fraction of sp³-hybridized carbons (Fsp3) is 0.385. The first-order valence-electron chi connectivity index (χ1n) is 11.4. The molecule has 0 unspecified atom stereocenters. The fourth-order valence-corrected chi connectivity index (χ4v) is 5.65. The van der Waals surface area contributed by atoms with Crippen LogP contribution in [0.15, 0.2) is 66.0 Å². The van der Waals surface area contributed by atoms with Gasteiger partial charge >= 0.3 is 0 Å². The maximum absolute atomic E-state index is 13.7. The number of hydrogen-bond acceptors (Lipinski definition) is 5. The lowest BCUT2D eigenvalue weighted by molar-refractivity contribution is -0.143. The third-order valence-corrected chi connectivity index (χ3v) is 7.64. The van der Waals surface area contributed by atoms with Crippen molar-refractivity contribution in [2.24, 2.45) is 0 Å². The highest BCUT2D eigenvalue weighted by Crippen LogP contribution is 2.37. The topological polar surface area (TPSA) is 45.7 Å². The van der Waals surface area contributed by atoms with Gasteiger partial charge in [-0.1, -0.05) is 60.7 Å². The zero-order chi connectivity index (χ0) is 21.8. The normalized spacial score (nSPS) is 19.1. The Labute approximate surface area is 193 Å². The first-order chi connectivity index (χ1) is 15.7. The summed E-state index contributed by atoms with van der Waals surface area (Å²) in [5.74, 6) is 0.270. The third kappa shape index (κ3) is 4.35. The zero-order valence-electron chi connectivity index (χ0n) is 18.3. The maximum Gasteiger partial charge on any atom is 0.233 e. The van der Waals surface area contributed by atoms with E-state index in [1.54, 1.807) is 11.3 Å². The Morgan fingerprint density at radius 2 is 1.59 bits per heavy atom. The molecule has 32 heavy (non-hydrogen) atoms. The zero-order valence-corrected chi connectivity index (χ0v) is 19.1. The second-order valence-corrected chi connectivity index (χ2v) is 9.50. The molecule has 2 saturated heterocycles. The molecule has 0 radical (unpaired) electrons. The van der Waals surface area contributed by atoms with Crippen molar-refractivity contribution in [3.05, 3.63) is 77.3 Å². The minimum Gasteiger partial charge on any atom is -0.381 e. The van der Waals surface area contributed by atoms with E-state index in [0.717, 1.165) is 61.8 Å². The van der Waals surface area contributed by atoms with Crippen LogP contribution in [0.25, 0.3) is 10.6 Å². The van der Waals surface area contributed by atoms with Crippen LogP contribution in [0.3, 0.4) is 0 Å². The molecule has 5 rings (SSSR count). The number of piperazine rings is 1. The summed E-state index contributed by atoms with van der Waals surface area (Å²) in [6.07, 6.45) is 1.52. The highest BCUT2D eigenvalue weighted by molar-refractivity contribution is 7.13. The third-order valence-electron chi connectivity index (χ3n) is 6.70. The molecule has 2 aliphatic heterocycles. The monoisotopic (exact) mass is 447 g/mol. The van der Waals surface area contributed by atoms with Crippen LogP contribution >= 0.6 is 11.3 Å². The van der Waals surface area contributed by atoms with E-state index in [2.05, 4.69) is 39.4 Å². The number of aromatic nitrogens is 1. The van der Waals surface area contributed by atoms with Crippen LogP contribution in [0.5, 0.6) is 0 Å². The van der Waals surface area contributed by atoms with Crippen LogP contribution in [-0.4, -0.2) is 60.1 Å². The summed E-state index contributed by atoms with van der Waals surface area (Å²) >= 11 is 1.70. The number of thiazole rings is 1.